The fourth-order valence-corrected chi connectivity index (χ4v) is 2.14. The molecule has 1 amide bonds. The first kappa shape index (κ1) is 16.5. The minimum absolute atomic E-state index is 0.104. The van der Waals surface area contributed by atoms with E-state index in [-0.39, 0.29) is 12.1 Å². The maximum atomic E-state index is 11.9. The Labute approximate surface area is 122 Å². The number of benzene rings is 1. The lowest BCUT2D eigenvalue weighted by Crippen LogP contribution is -2.40. The van der Waals surface area contributed by atoms with Gasteiger partial charge in [0.25, 0.3) is 0 Å². The van der Waals surface area contributed by atoms with Crippen LogP contribution in [0.1, 0.15) is 46.6 Å². The summed E-state index contributed by atoms with van der Waals surface area (Å²) in [5.41, 5.74) is 0.772. The van der Waals surface area contributed by atoms with Crippen molar-refractivity contribution in [2.45, 2.75) is 59.1 Å². The lowest BCUT2D eigenvalue weighted by molar-refractivity contribution is 0.0498. The van der Waals surface area contributed by atoms with Gasteiger partial charge >= 0.3 is 6.09 Å². The number of amides is 1. The van der Waals surface area contributed by atoms with Crippen LogP contribution in [0.4, 0.5) is 4.79 Å². The van der Waals surface area contributed by atoms with Crippen LogP contribution in [0, 0.1) is 5.92 Å². The highest BCUT2D eigenvalue weighted by atomic mass is 16.6. The van der Waals surface area contributed by atoms with Gasteiger partial charge in [0, 0.05) is 6.04 Å². The van der Waals surface area contributed by atoms with E-state index in [0.717, 1.165) is 12.8 Å². The number of rotatable bonds is 5. The van der Waals surface area contributed by atoms with Crippen LogP contribution >= 0.6 is 0 Å². The molecule has 0 aliphatic carbocycles. The highest BCUT2D eigenvalue weighted by Gasteiger charge is 2.20. The second-order valence-electron chi connectivity index (χ2n) is 6.66. The molecule has 0 aromatic heterocycles. The van der Waals surface area contributed by atoms with Crippen LogP contribution in [0.3, 0.4) is 0 Å². The van der Waals surface area contributed by atoms with Crippen molar-refractivity contribution in [3.63, 3.8) is 0 Å². The van der Waals surface area contributed by atoms with E-state index < -0.39 is 5.60 Å². The van der Waals surface area contributed by atoms with Gasteiger partial charge in [-0.1, -0.05) is 44.2 Å². The first-order chi connectivity index (χ1) is 9.26. The van der Waals surface area contributed by atoms with E-state index in [4.69, 9.17) is 4.74 Å². The van der Waals surface area contributed by atoms with E-state index in [1.807, 2.05) is 39.0 Å². The Morgan fingerprint density at radius 1 is 1.20 bits per heavy atom. The predicted octanol–water partition coefficient (Wildman–Crippen LogP) is 4.17. The molecular weight excluding hydrogens is 250 g/mol. The largest absolute Gasteiger partial charge is 0.444 e. The number of hydrogen-bond donors (Lipinski definition) is 1. The summed E-state index contributed by atoms with van der Waals surface area (Å²) < 4.78 is 5.34. The number of alkyl carbamates (subject to hydrolysis) is 1. The zero-order valence-electron chi connectivity index (χ0n) is 13.3. The average molecular weight is 277 g/mol. The van der Waals surface area contributed by atoms with Crippen LogP contribution < -0.4 is 5.32 Å². The second-order valence-corrected chi connectivity index (χ2v) is 6.66. The molecule has 1 N–H and O–H groups in total. The summed E-state index contributed by atoms with van der Waals surface area (Å²) in [7, 11) is 0. The molecule has 1 rings (SSSR count). The molecule has 0 aliphatic heterocycles. The molecule has 3 nitrogen and oxygen atoms in total. The number of carbonyl (C=O) groups excluding carboxylic acids is 1. The monoisotopic (exact) mass is 277 g/mol. The zero-order valence-corrected chi connectivity index (χ0v) is 13.3. The predicted molar refractivity (Wildman–Crippen MR) is 82.8 cm³/mol. The third kappa shape index (κ3) is 7.17. The minimum atomic E-state index is -0.459. The quantitative estimate of drug-likeness (QED) is 0.877. The molecule has 0 spiro atoms. The van der Waals surface area contributed by atoms with Crippen molar-refractivity contribution in [2.24, 2.45) is 5.92 Å². The van der Waals surface area contributed by atoms with Gasteiger partial charge in [0.05, 0.1) is 0 Å². The molecule has 0 fully saturated rings. The molecule has 20 heavy (non-hydrogen) atoms. The third-order valence-electron chi connectivity index (χ3n) is 2.80. The zero-order chi connectivity index (χ0) is 15.2. The second kappa shape index (κ2) is 7.32. The summed E-state index contributed by atoms with van der Waals surface area (Å²) >= 11 is 0. The van der Waals surface area contributed by atoms with E-state index in [2.05, 4.69) is 31.3 Å². The average Bonchev–Trinajstić information content (AvgIpc) is 2.26. The Morgan fingerprint density at radius 2 is 1.80 bits per heavy atom. The van der Waals surface area contributed by atoms with Crippen molar-refractivity contribution in [2.75, 3.05) is 0 Å². The summed E-state index contributed by atoms with van der Waals surface area (Å²) in [6.45, 7) is 9.95. The van der Waals surface area contributed by atoms with Crippen LogP contribution in [0.15, 0.2) is 30.3 Å². The molecule has 0 saturated carbocycles. The fourth-order valence-electron chi connectivity index (χ4n) is 2.14. The van der Waals surface area contributed by atoms with Gasteiger partial charge in [-0.3, -0.25) is 0 Å². The van der Waals surface area contributed by atoms with Gasteiger partial charge in [0.15, 0.2) is 0 Å². The molecule has 0 saturated heterocycles. The molecule has 1 aromatic carbocycles. The van der Waals surface area contributed by atoms with E-state index in [9.17, 15) is 4.79 Å². The van der Waals surface area contributed by atoms with Gasteiger partial charge in [-0.2, -0.15) is 0 Å². The maximum absolute atomic E-state index is 11.9. The summed E-state index contributed by atoms with van der Waals surface area (Å²) in [5.74, 6) is 0.527. The SMILES string of the molecule is CC(C)C[C@H](Cc1ccccc1)NC(=O)OC(C)(C)C. The first-order valence-corrected chi connectivity index (χ1v) is 7.29. The third-order valence-corrected chi connectivity index (χ3v) is 2.80. The summed E-state index contributed by atoms with van der Waals surface area (Å²) in [4.78, 5) is 11.9. The van der Waals surface area contributed by atoms with E-state index in [1.54, 1.807) is 0 Å². The highest BCUT2D eigenvalue weighted by Crippen LogP contribution is 2.13. The molecule has 1 atom stereocenters. The smallest absolute Gasteiger partial charge is 0.407 e. The summed E-state index contributed by atoms with van der Waals surface area (Å²) in [5, 5.41) is 2.99. The molecule has 3 heteroatoms. The van der Waals surface area contributed by atoms with Gasteiger partial charge in [-0.05, 0) is 45.1 Å². The summed E-state index contributed by atoms with van der Waals surface area (Å²) in [6, 6.07) is 10.3. The summed E-state index contributed by atoms with van der Waals surface area (Å²) in [6.07, 6.45) is 1.44. The van der Waals surface area contributed by atoms with Crippen molar-refractivity contribution in [1.82, 2.24) is 5.32 Å². The van der Waals surface area contributed by atoms with E-state index in [1.165, 1.54) is 5.56 Å². The normalized spacial score (nSPS) is 13.1. The minimum Gasteiger partial charge on any atom is -0.444 e. The number of ether oxygens (including phenoxy) is 1. The number of hydrogen-bond acceptors (Lipinski definition) is 2. The van der Waals surface area contributed by atoms with Crippen LogP contribution in [0.25, 0.3) is 0 Å². The lowest BCUT2D eigenvalue weighted by Gasteiger charge is -2.24. The molecule has 112 valence electrons. The molecule has 1 aromatic rings. The van der Waals surface area contributed by atoms with Crippen LogP contribution in [-0.4, -0.2) is 17.7 Å². The lowest BCUT2D eigenvalue weighted by atomic mass is 9.97. The number of nitrogens with one attached hydrogen (secondary N) is 1. The van der Waals surface area contributed by atoms with Crippen molar-refractivity contribution < 1.29 is 9.53 Å². The van der Waals surface area contributed by atoms with E-state index >= 15 is 0 Å². The van der Waals surface area contributed by atoms with Gasteiger partial charge < -0.3 is 10.1 Å². The maximum Gasteiger partial charge on any atom is 0.407 e. The Balaban J connectivity index is 2.63. The van der Waals surface area contributed by atoms with Gasteiger partial charge in [-0.15, -0.1) is 0 Å². The Bertz CT molecular complexity index is 407. The van der Waals surface area contributed by atoms with Crippen molar-refractivity contribution in [3.8, 4) is 0 Å². The van der Waals surface area contributed by atoms with Crippen molar-refractivity contribution in [3.05, 3.63) is 35.9 Å². The molecule has 0 heterocycles. The van der Waals surface area contributed by atoms with Crippen LogP contribution in [0.2, 0.25) is 0 Å². The van der Waals surface area contributed by atoms with Gasteiger partial charge in [0.1, 0.15) is 5.60 Å². The number of carbonyl (C=O) groups is 1. The topological polar surface area (TPSA) is 38.3 Å². The fraction of sp³-hybridized carbons (Fsp3) is 0.588. The molecule has 0 unspecified atom stereocenters. The molecule has 0 bridgehead atoms. The molecule has 0 aliphatic rings. The van der Waals surface area contributed by atoms with Crippen LogP contribution in [0.5, 0.6) is 0 Å². The Hall–Kier alpha value is -1.51. The first-order valence-electron chi connectivity index (χ1n) is 7.29. The molecule has 0 radical (unpaired) electrons. The van der Waals surface area contributed by atoms with Gasteiger partial charge in [-0.25, -0.2) is 4.79 Å². The van der Waals surface area contributed by atoms with Crippen molar-refractivity contribution >= 4 is 6.09 Å². The van der Waals surface area contributed by atoms with Gasteiger partial charge in [0.2, 0.25) is 0 Å². The Kier molecular flexibility index (Phi) is 6.05. The standard InChI is InChI=1S/C17H27NO2/c1-13(2)11-15(12-14-9-7-6-8-10-14)18-16(19)20-17(3,4)5/h6-10,13,15H,11-12H2,1-5H3,(H,18,19)/t15-/m1/s1. The molecular formula is C17H27NO2. The van der Waals surface area contributed by atoms with Crippen molar-refractivity contribution in [1.29, 1.82) is 0 Å². The van der Waals surface area contributed by atoms with Crippen LogP contribution in [-0.2, 0) is 11.2 Å². The Morgan fingerprint density at radius 3 is 2.30 bits per heavy atom. The highest BCUT2D eigenvalue weighted by molar-refractivity contribution is 5.68. The van der Waals surface area contributed by atoms with E-state index in [0.29, 0.717) is 5.92 Å².